The molecule has 0 radical (unpaired) electrons. The molecule has 0 aliphatic carbocycles. The van der Waals surface area contributed by atoms with E-state index < -0.39 is 5.97 Å². The molecule has 1 amide bonds. The third kappa shape index (κ3) is 6.29. The molecule has 0 atom stereocenters. The van der Waals surface area contributed by atoms with Crippen LogP contribution in [0.1, 0.15) is 16.3 Å². The standard InChI is InChI=1S/C17H17FN2O3S/c1-12-20-15(11-24-12)6-7-17(22)23-10-16(21)19-9-8-13-2-4-14(18)5-3-13/h2-7,11H,8-10H2,1H3,(H,19,21)/b7-6+. The van der Waals surface area contributed by atoms with Gasteiger partial charge in [-0.05, 0) is 37.1 Å². The molecule has 0 unspecified atom stereocenters. The first-order valence-electron chi connectivity index (χ1n) is 7.31. The van der Waals surface area contributed by atoms with Gasteiger partial charge in [0.15, 0.2) is 6.61 Å². The van der Waals surface area contributed by atoms with Crippen molar-refractivity contribution in [1.29, 1.82) is 0 Å². The lowest BCUT2D eigenvalue weighted by Crippen LogP contribution is -2.30. The summed E-state index contributed by atoms with van der Waals surface area (Å²) in [7, 11) is 0. The van der Waals surface area contributed by atoms with Gasteiger partial charge in [-0.25, -0.2) is 14.2 Å². The second kappa shape index (κ2) is 8.93. The van der Waals surface area contributed by atoms with Crippen molar-refractivity contribution in [1.82, 2.24) is 10.3 Å². The van der Waals surface area contributed by atoms with Crippen LogP contribution in [-0.4, -0.2) is 30.0 Å². The van der Waals surface area contributed by atoms with E-state index >= 15 is 0 Å². The van der Waals surface area contributed by atoms with Crippen LogP contribution >= 0.6 is 11.3 Å². The summed E-state index contributed by atoms with van der Waals surface area (Å²) in [6.07, 6.45) is 3.35. The molecular weight excluding hydrogens is 331 g/mol. The molecule has 0 saturated carbocycles. The molecule has 7 heteroatoms. The predicted octanol–water partition coefficient (Wildman–Crippen LogP) is 2.51. The number of rotatable bonds is 7. The minimum absolute atomic E-state index is 0.296. The summed E-state index contributed by atoms with van der Waals surface area (Å²) >= 11 is 1.48. The maximum absolute atomic E-state index is 12.8. The highest BCUT2D eigenvalue weighted by atomic mass is 32.1. The molecule has 1 aromatic heterocycles. The van der Waals surface area contributed by atoms with Crippen LogP contribution in [0.2, 0.25) is 0 Å². The second-order valence-electron chi connectivity index (χ2n) is 4.96. The molecule has 0 bridgehead atoms. The molecule has 0 saturated heterocycles. The summed E-state index contributed by atoms with van der Waals surface area (Å²) in [6, 6.07) is 6.06. The lowest BCUT2D eigenvalue weighted by atomic mass is 10.1. The molecule has 1 N–H and O–H groups in total. The lowest BCUT2D eigenvalue weighted by Gasteiger charge is -2.05. The molecule has 2 rings (SSSR count). The van der Waals surface area contributed by atoms with Gasteiger partial charge in [0, 0.05) is 18.0 Å². The molecular formula is C17H17FN2O3S. The number of carbonyl (C=O) groups is 2. The molecule has 0 fully saturated rings. The van der Waals surface area contributed by atoms with Gasteiger partial charge in [-0.15, -0.1) is 11.3 Å². The van der Waals surface area contributed by atoms with Crippen molar-refractivity contribution < 1.29 is 18.7 Å². The fourth-order valence-corrected chi connectivity index (χ4v) is 2.42. The average molecular weight is 348 g/mol. The number of aryl methyl sites for hydroxylation is 1. The number of benzene rings is 1. The highest BCUT2D eigenvalue weighted by Crippen LogP contribution is 2.09. The number of esters is 1. The van der Waals surface area contributed by atoms with E-state index in [4.69, 9.17) is 4.74 Å². The number of hydrogen-bond donors (Lipinski definition) is 1. The van der Waals surface area contributed by atoms with Crippen LogP contribution in [0.5, 0.6) is 0 Å². The van der Waals surface area contributed by atoms with Crippen LogP contribution in [0, 0.1) is 12.7 Å². The van der Waals surface area contributed by atoms with Gasteiger partial charge in [0.25, 0.3) is 5.91 Å². The predicted molar refractivity (Wildman–Crippen MR) is 90.0 cm³/mol. The van der Waals surface area contributed by atoms with E-state index in [1.165, 1.54) is 35.6 Å². The second-order valence-corrected chi connectivity index (χ2v) is 6.02. The fourth-order valence-electron chi connectivity index (χ4n) is 1.84. The Morgan fingerprint density at radius 3 is 2.75 bits per heavy atom. The number of hydrogen-bond acceptors (Lipinski definition) is 5. The van der Waals surface area contributed by atoms with Gasteiger partial charge in [-0.2, -0.15) is 0 Å². The SMILES string of the molecule is Cc1nc(/C=C/C(=O)OCC(=O)NCCc2ccc(F)cc2)cs1. The zero-order valence-electron chi connectivity index (χ0n) is 13.1. The summed E-state index contributed by atoms with van der Waals surface area (Å²) < 4.78 is 17.6. The van der Waals surface area contributed by atoms with Crippen molar-refractivity contribution in [2.45, 2.75) is 13.3 Å². The third-order valence-corrected chi connectivity index (χ3v) is 3.81. The molecule has 126 valence electrons. The maximum atomic E-state index is 12.8. The van der Waals surface area contributed by atoms with Gasteiger partial charge < -0.3 is 10.1 Å². The maximum Gasteiger partial charge on any atom is 0.331 e. The van der Waals surface area contributed by atoms with E-state index in [0.29, 0.717) is 18.7 Å². The zero-order valence-corrected chi connectivity index (χ0v) is 13.9. The van der Waals surface area contributed by atoms with Crippen LogP contribution < -0.4 is 5.32 Å². The molecule has 24 heavy (non-hydrogen) atoms. The highest BCUT2D eigenvalue weighted by Gasteiger charge is 2.05. The topological polar surface area (TPSA) is 68.3 Å². The zero-order chi connectivity index (χ0) is 17.4. The summed E-state index contributed by atoms with van der Waals surface area (Å²) in [5, 5.41) is 5.36. The molecule has 0 aliphatic rings. The van der Waals surface area contributed by atoms with Crippen LogP contribution in [0.25, 0.3) is 6.08 Å². The van der Waals surface area contributed by atoms with Gasteiger partial charge >= 0.3 is 5.97 Å². The average Bonchev–Trinajstić information content (AvgIpc) is 2.98. The Morgan fingerprint density at radius 1 is 1.33 bits per heavy atom. The van der Waals surface area contributed by atoms with Gasteiger partial charge in [0.1, 0.15) is 5.82 Å². The number of aromatic nitrogens is 1. The molecule has 0 spiro atoms. The summed E-state index contributed by atoms with van der Waals surface area (Å²) in [4.78, 5) is 27.3. The van der Waals surface area contributed by atoms with Crippen LogP contribution in [0.4, 0.5) is 4.39 Å². The van der Waals surface area contributed by atoms with Crippen molar-refractivity contribution in [2.24, 2.45) is 0 Å². The van der Waals surface area contributed by atoms with Gasteiger partial charge in [-0.3, -0.25) is 4.79 Å². The van der Waals surface area contributed by atoms with E-state index in [0.717, 1.165) is 10.6 Å². The van der Waals surface area contributed by atoms with Crippen molar-refractivity contribution in [3.05, 3.63) is 57.8 Å². The number of ether oxygens (including phenoxy) is 1. The van der Waals surface area contributed by atoms with Gasteiger partial charge in [0.2, 0.25) is 0 Å². The first kappa shape index (κ1) is 17.8. The monoisotopic (exact) mass is 348 g/mol. The highest BCUT2D eigenvalue weighted by molar-refractivity contribution is 7.09. The van der Waals surface area contributed by atoms with E-state index in [-0.39, 0.29) is 18.3 Å². The van der Waals surface area contributed by atoms with Gasteiger partial charge in [0.05, 0.1) is 10.7 Å². The Morgan fingerprint density at radius 2 is 2.08 bits per heavy atom. The first-order chi connectivity index (χ1) is 11.5. The largest absolute Gasteiger partial charge is 0.452 e. The van der Waals surface area contributed by atoms with Crippen molar-refractivity contribution >= 4 is 29.3 Å². The quantitative estimate of drug-likeness (QED) is 0.617. The lowest BCUT2D eigenvalue weighted by molar-refractivity contribution is -0.143. The Bertz CT molecular complexity index is 726. The Balaban J connectivity index is 1.64. The van der Waals surface area contributed by atoms with Crippen LogP contribution in [0.3, 0.4) is 0 Å². The minimum atomic E-state index is -0.602. The van der Waals surface area contributed by atoms with Crippen molar-refractivity contribution in [3.8, 4) is 0 Å². The van der Waals surface area contributed by atoms with Crippen molar-refractivity contribution in [2.75, 3.05) is 13.2 Å². The third-order valence-electron chi connectivity index (χ3n) is 3.02. The van der Waals surface area contributed by atoms with E-state index in [1.54, 1.807) is 12.1 Å². The molecule has 1 heterocycles. The first-order valence-corrected chi connectivity index (χ1v) is 8.19. The smallest absolute Gasteiger partial charge is 0.331 e. The number of thiazole rings is 1. The number of carbonyl (C=O) groups excluding carboxylic acids is 2. The molecule has 0 aliphatic heterocycles. The molecule has 2 aromatic rings. The van der Waals surface area contributed by atoms with E-state index in [2.05, 4.69) is 10.3 Å². The molecule has 5 nitrogen and oxygen atoms in total. The normalized spacial score (nSPS) is 10.8. The number of halogens is 1. The minimum Gasteiger partial charge on any atom is -0.452 e. The summed E-state index contributed by atoms with van der Waals surface area (Å²) in [6.45, 7) is 1.91. The van der Waals surface area contributed by atoms with Crippen molar-refractivity contribution in [3.63, 3.8) is 0 Å². The van der Waals surface area contributed by atoms with E-state index in [1.807, 2.05) is 12.3 Å². The Labute approximate surface area is 143 Å². The van der Waals surface area contributed by atoms with Gasteiger partial charge in [-0.1, -0.05) is 12.1 Å². The van der Waals surface area contributed by atoms with E-state index in [9.17, 15) is 14.0 Å². The van der Waals surface area contributed by atoms with Crippen LogP contribution in [-0.2, 0) is 20.7 Å². The number of nitrogens with zero attached hydrogens (tertiary/aromatic N) is 1. The summed E-state index contributed by atoms with van der Waals surface area (Å²) in [5.41, 5.74) is 1.59. The fraction of sp³-hybridized carbons (Fsp3) is 0.235. The number of nitrogens with one attached hydrogen (secondary N) is 1. The molecule has 1 aromatic carbocycles. The summed E-state index contributed by atoms with van der Waals surface area (Å²) in [5.74, 6) is -1.28. The Hall–Kier alpha value is -2.54. The van der Waals surface area contributed by atoms with Crippen LogP contribution in [0.15, 0.2) is 35.7 Å². The Kier molecular flexibility index (Phi) is 6.62. The number of amides is 1.